The average molecular weight is 810 g/mol. The number of benzene rings is 2. The van der Waals surface area contributed by atoms with Gasteiger partial charge in [0.2, 0.25) is 11.7 Å². The van der Waals surface area contributed by atoms with E-state index < -0.39 is 29.2 Å². The molecule has 3 aliphatic heterocycles. The van der Waals surface area contributed by atoms with Gasteiger partial charge in [-0.1, -0.05) is 31.4 Å². The van der Waals surface area contributed by atoms with E-state index in [-0.39, 0.29) is 72.9 Å². The second kappa shape index (κ2) is 16.1. The summed E-state index contributed by atoms with van der Waals surface area (Å²) in [6, 6.07) is 9.82. The molecule has 2 saturated heterocycles. The molecule has 0 spiro atoms. The summed E-state index contributed by atoms with van der Waals surface area (Å²) >= 11 is 0. The number of aromatic nitrogens is 3. The molecular weight excluding hydrogens is 761 g/mol. The summed E-state index contributed by atoms with van der Waals surface area (Å²) in [5.41, 5.74) is -0.124. The molecule has 0 bridgehead atoms. The summed E-state index contributed by atoms with van der Waals surface area (Å²) in [6.45, 7) is 10.2. The van der Waals surface area contributed by atoms with Crippen LogP contribution in [0.15, 0.2) is 55.3 Å². The van der Waals surface area contributed by atoms with Crippen LogP contribution in [0.2, 0.25) is 0 Å². The maximum atomic E-state index is 15.3. The lowest BCUT2D eigenvalue weighted by atomic mass is 9.95. The minimum absolute atomic E-state index is 0.0146. The van der Waals surface area contributed by atoms with Crippen LogP contribution in [0.5, 0.6) is 23.4 Å². The molecule has 59 heavy (non-hydrogen) atoms. The number of carbonyl (C=O) groups excluding carboxylic acids is 1. The number of carbonyl (C=O) groups is 1. The van der Waals surface area contributed by atoms with Gasteiger partial charge in [0, 0.05) is 37.5 Å². The first-order chi connectivity index (χ1) is 28.4. The van der Waals surface area contributed by atoms with E-state index in [9.17, 15) is 9.90 Å². The molecule has 13 nitrogen and oxygen atoms in total. The third-order valence-electron chi connectivity index (χ3n) is 12.3. The maximum Gasteiger partial charge on any atom is 0.322 e. The Kier molecular flexibility index (Phi) is 10.9. The Hall–Kier alpha value is -5.88. The van der Waals surface area contributed by atoms with Gasteiger partial charge in [0.25, 0.3) is 5.88 Å². The zero-order chi connectivity index (χ0) is 41.5. The van der Waals surface area contributed by atoms with Gasteiger partial charge in [-0.05, 0) is 68.5 Å². The summed E-state index contributed by atoms with van der Waals surface area (Å²) in [7, 11) is 1.77. The molecule has 5 heterocycles. The van der Waals surface area contributed by atoms with Crippen molar-refractivity contribution >= 4 is 34.0 Å². The molecule has 3 fully saturated rings. The number of ether oxygens (including phenoxy) is 4. The van der Waals surface area contributed by atoms with E-state index in [4.69, 9.17) is 35.3 Å². The predicted molar refractivity (Wildman–Crippen MR) is 220 cm³/mol. The van der Waals surface area contributed by atoms with Crippen LogP contribution in [-0.4, -0.2) is 107 Å². The van der Waals surface area contributed by atoms with E-state index in [1.54, 1.807) is 24.2 Å². The number of phenolic OH excluding ortho intramolecular Hbond substituents is 1. The number of nitrogens with zero attached hydrogens (tertiary/aromatic N) is 6. The highest BCUT2D eigenvalue weighted by Gasteiger charge is 2.44. The molecule has 2 aromatic heterocycles. The fraction of sp³-hybridized carbons (Fsp3) is 0.455. The molecule has 310 valence electrons. The van der Waals surface area contributed by atoms with Crippen molar-refractivity contribution in [2.45, 2.75) is 75.3 Å². The molecule has 1 unspecified atom stereocenters. The van der Waals surface area contributed by atoms with E-state index in [0.717, 1.165) is 43.7 Å². The Morgan fingerprint density at radius 3 is 2.76 bits per heavy atom. The summed E-state index contributed by atoms with van der Waals surface area (Å²) in [5.74, 6) is 2.97. The second-order valence-corrected chi connectivity index (χ2v) is 16.2. The van der Waals surface area contributed by atoms with Crippen molar-refractivity contribution in [1.82, 2.24) is 19.9 Å². The van der Waals surface area contributed by atoms with Crippen LogP contribution in [0.25, 0.3) is 10.8 Å². The Labute approximate surface area is 342 Å². The first kappa shape index (κ1) is 39.9. The van der Waals surface area contributed by atoms with Crippen molar-refractivity contribution in [2.75, 3.05) is 68.2 Å². The Morgan fingerprint density at radius 2 is 2.03 bits per heavy atom. The van der Waals surface area contributed by atoms with Crippen molar-refractivity contribution in [3.05, 3.63) is 72.2 Å². The maximum absolute atomic E-state index is 15.3. The third-order valence-corrected chi connectivity index (χ3v) is 12.3. The first-order valence-electron chi connectivity index (χ1n) is 20.0. The van der Waals surface area contributed by atoms with Gasteiger partial charge >= 0.3 is 6.01 Å². The number of phenols is 1. The van der Waals surface area contributed by atoms with E-state index in [2.05, 4.69) is 34.6 Å². The topological polar surface area (TPSA) is 135 Å². The molecule has 2 aromatic carbocycles. The number of amides is 1. The zero-order valence-electron chi connectivity index (χ0n) is 33.5. The lowest BCUT2D eigenvalue weighted by molar-refractivity contribution is -0.129. The molecule has 2 N–H and O–H groups in total. The Morgan fingerprint density at radius 1 is 1.22 bits per heavy atom. The smallest absolute Gasteiger partial charge is 0.322 e. The number of nitrogens with one attached hydrogen (secondary N) is 1. The van der Waals surface area contributed by atoms with Crippen molar-refractivity contribution in [2.24, 2.45) is 0 Å². The normalized spacial score (nSPS) is 23.5. The lowest BCUT2D eigenvalue weighted by Gasteiger charge is -2.39. The van der Waals surface area contributed by atoms with Crippen LogP contribution in [0.3, 0.4) is 0 Å². The van der Waals surface area contributed by atoms with Crippen LogP contribution in [0.4, 0.5) is 26.1 Å². The van der Waals surface area contributed by atoms with Crippen LogP contribution in [0, 0.1) is 18.2 Å². The van der Waals surface area contributed by atoms with Crippen molar-refractivity contribution in [3.8, 4) is 35.7 Å². The van der Waals surface area contributed by atoms with E-state index >= 15 is 8.78 Å². The minimum Gasteiger partial charge on any atom is -0.508 e. The molecule has 4 aromatic rings. The number of alkyl halides is 1. The molecule has 0 radical (unpaired) electrons. The minimum atomic E-state index is -1.12. The molecule has 15 heteroatoms. The van der Waals surface area contributed by atoms with Gasteiger partial charge < -0.3 is 44.1 Å². The highest BCUT2D eigenvalue weighted by atomic mass is 19.1. The van der Waals surface area contributed by atoms with Gasteiger partial charge in [-0.3, -0.25) is 4.79 Å². The van der Waals surface area contributed by atoms with Gasteiger partial charge in [0.15, 0.2) is 11.9 Å². The number of rotatable bonds is 11. The lowest BCUT2D eigenvalue weighted by Crippen LogP contribution is -2.51. The largest absolute Gasteiger partial charge is 0.508 e. The number of pyridine rings is 1. The first-order valence-corrected chi connectivity index (χ1v) is 20.0. The molecule has 1 aliphatic carbocycles. The van der Waals surface area contributed by atoms with Crippen LogP contribution < -0.4 is 29.3 Å². The number of likely N-dealkylation sites (N-methyl/N-ethyl adjacent to an activating group) is 1. The number of hydrogen-bond acceptors (Lipinski definition) is 12. The van der Waals surface area contributed by atoms with E-state index in [1.165, 1.54) is 24.3 Å². The van der Waals surface area contributed by atoms with Crippen LogP contribution >= 0.6 is 0 Å². The number of halogens is 2. The average Bonchev–Trinajstić information content (AvgIpc) is 3.85. The molecular formula is C44H49F2N7O6. The fourth-order valence-electron chi connectivity index (χ4n) is 9.04. The SMILES string of the molecule is C#Cc1c(F)ccc2cc(O)cc(C3COc4c(NCC5(N(C)C(=O)C=C)CCCC5)nc(OC[C@]5(C)C[C@@H](F)CN5c5ccc(N6CCOC[C@H]6C)nc5)nc4O3)c12. The Balaban J connectivity index is 1.11. The monoisotopic (exact) mass is 809 g/mol. The number of morpholine rings is 1. The van der Waals surface area contributed by atoms with Gasteiger partial charge in [-0.15, -0.1) is 6.42 Å². The standard InChI is InChI=1S/C44H49F2N7O6/c1-6-32-34(46)12-10-28-18-31(54)19-33(38(28)32)35-24-57-39-40(48-25-44(14-8-9-15-44)51(5)37(55)7-2)49-42(50-41(39)59-35)58-26-43(4)20-29(45)22-53(43)30-11-13-36(47-21-30)52-16-17-56-23-27(52)3/h1,7,10-13,18-19,21,27,29,35,54H,2,8-9,14-17,20,22-26H2,3-5H3,(H,48,49,50)/t27-,29-,35?,43+/m1/s1. The molecule has 4 aliphatic rings. The molecule has 8 rings (SSSR count). The summed E-state index contributed by atoms with van der Waals surface area (Å²) < 4.78 is 55.2. The Bertz CT molecular complexity index is 2280. The van der Waals surface area contributed by atoms with Gasteiger partial charge in [0.05, 0.1) is 54.3 Å². The second-order valence-electron chi connectivity index (χ2n) is 16.2. The van der Waals surface area contributed by atoms with Crippen molar-refractivity contribution < 1.29 is 37.6 Å². The fourth-order valence-corrected chi connectivity index (χ4v) is 9.04. The summed E-state index contributed by atoms with van der Waals surface area (Å²) in [4.78, 5) is 32.9. The predicted octanol–water partition coefficient (Wildman–Crippen LogP) is 6.34. The van der Waals surface area contributed by atoms with Crippen molar-refractivity contribution in [1.29, 1.82) is 0 Å². The van der Waals surface area contributed by atoms with E-state index in [0.29, 0.717) is 36.1 Å². The number of fused-ring (bicyclic) bond motifs is 2. The van der Waals surface area contributed by atoms with Gasteiger partial charge in [0.1, 0.15) is 36.8 Å². The number of aromatic hydroxyl groups is 1. The van der Waals surface area contributed by atoms with Gasteiger partial charge in [-0.25, -0.2) is 13.8 Å². The molecule has 1 amide bonds. The number of anilines is 3. The summed E-state index contributed by atoms with van der Waals surface area (Å²) in [6.07, 6.45) is 10.5. The quantitative estimate of drug-likeness (QED) is 0.129. The zero-order valence-corrected chi connectivity index (χ0v) is 33.5. The van der Waals surface area contributed by atoms with Crippen molar-refractivity contribution in [3.63, 3.8) is 0 Å². The van der Waals surface area contributed by atoms with Crippen LogP contribution in [-0.2, 0) is 9.53 Å². The number of terminal acetylenes is 1. The number of hydrogen-bond donors (Lipinski definition) is 2. The van der Waals surface area contributed by atoms with E-state index in [1.807, 2.05) is 24.0 Å². The summed E-state index contributed by atoms with van der Waals surface area (Å²) in [5, 5.41) is 15.0. The van der Waals surface area contributed by atoms with Gasteiger partial charge in [-0.2, -0.15) is 9.97 Å². The van der Waals surface area contributed by atoms with Crippen LogP contribution in [0.1, 0.15) is 63.2 Å². The highest BCUT2D eigenvalue weighted by Crippen LogP contribution is 2.45. The third kappa shape index (κ3) is 7.62. The highest BCUT2D eigenvalue weighted by molar-refractivity contribution is 5.93. The molecule has 1 saturated carbocycles. The molecule has 4 atom stereocenters.